The zero-order valence-electron chi connectivity index (χ0n) is 20.6. The van der Waals surface area contributed by atoms with Crippen LogP contribution in [-0.4, -0.2) is 83.6 Å². The molecular weight excluding hydrogens is 398 g/mol. The zero-order chi connectivity index (χ0) is 22.8. The number of likely N-dealkylation sites (N-methyl/N-ethyl adjacent to an activating group) is 2. The minimum absolute atomic E-state index is 0.159. The van der Waals surface area contributed by atoms with Crippen LogP contribution >= 0.6 is 0 Å². The first kappa shape index (κ1) is 22.6. The molecule has 3 bridgehead atoms. The molecule has 9 unspecified atom stereocenters. The summed E-state index contributed by atoms with van der Waals surface area (Å²) in [6, 6.07) is 9.83. The van der Waals surface area contributed by atoms with E-state index < -0.39 is 0 Å². The lowest BCUT2D eigenvalue weighted by Crippen LogP contribution is -2.66. The van der Waals surface area contributed by atoms with E-state index in [9.17, 15) is 10.2 Å². The quantitative estimate of drug-likeness (QED) is 0.650. The van der Waals surface area contributed by atoms with Crippen molar-refractivity contribution in [2.75, 3.05) is 38.1 Å². The van der Waals surface area contributed by atoms with Crippen molar-refractivity contribution < 1.29 is 10.2 Å². The second kappa shape index (κ2) is 8.26. The van der Waals surface area contributed by atoms with Crippen LogP contribution in [0.25, 0.3) is 0 Å². The predicted octanol–water partition coefficient (Wildman–Crippen LogP) is 2.95. The van der Waals surface area contributed by atoms with Crippen molar-refractivity contribution in [3.63, 3.8) is 0 Å². The Bertz CT molecular complexity index is 829. The Morgan fingerprint density at radius 2 is 1.88 bits per heavy atom. The first-order valence-corrected chi connectivity index (χ1v) is 13.0. The number of anilines is 1. The van der Waals surface area contributed by atoms with Gasteiger partial charge in [-0.2, -0.15) is 0 Å². The van der Waals surface area contributed by atoms with Gasteiger partial charge in [0.05, 0.1) is 18.2 Å². The molecule has 1 aromatic rings. The third-order valence-electron chi connectivity index (χ3n) is 10.00. The Balaban J connectivity index is 1.53. The second-order valence-electron chi connectivity index (χ2n) is 11.1. The van der Waals surface area contributed by atoms with Crippen molar-refractivity contribution in [2.24, 2.45) is 17.8 Å². The SMILES string of the molecule is CCC(C)C1CC2C3N(C)c4ccccc4C34CC(C1C4O)N2CC(O)CN(CC)CC. The topological polar surface area (TPSA) is 50.2 Å². The number of piperidine rings is 2. The predicted molar refractivity (Wildman–Crippen MR) is 130 cm³/mol. The fourth-order valence-electron chi connectivity index (χ4n) is 8.40. The Hall–Kier alpha value is -1.14. The fraction of sp³-hybridized carbons (Fsp3) is 0.778. The normalized spacial score (nSPS) is 39.4. The van der Waals surface area contributed by atoms with Crippen molar-refractivity contribution in [3.8, 4) is 0 Å². The molecule has 0 aromatic heterocycles. The highest BCUT2D eigenvalue weighted by Crippen LogP contribution is 2.66. The third kappa shape index (κ3) is 2.97. The first-order valence-electron chi connectivity index (χ1n) is 13.0. The van der Waals surface area contributed by atoms with Crippen molar-refractivity contribution in [3.05, 3.63) is 29.8 Å². The maximum Gasteiger partial charge on any atom is 0.0794 e. The highest BCUT2D eigenvalue weighted by Gasteiger charge is 2.72. The molecule has 3 fully saturated rings. The van der Waals surface area contributed by atoms with Crippen molar-refractivity contribution >= 4 is 5.69 Å². The summed E-state index contributed by atoms with van der Waals surface area (Å²) < 4.78 is 0. The molecule has 2 N–H and O–H groups in total. The van der Waals surface area contributed by atoms with Crippen LogP contribution in [0.4, 0.5) is 5.69 Å². The standard InChI is InChI=1S/C27H43N3O2/c1-6-17(4)19-13-22-25-27(20-11-9-10-12-21(20)28(25)5)14-23(24(19)26(27)32)30(22)16-18(31)15-29(7-2)8-3/h9-12,17-19,22-26,31-32H,6-8,13-16H2,1-5H3. The Labute approximate surface area is 194 Å². The van der Waals surface area contributed by atoms with E-state index >= 15 is 0 Å². The molecule has 1 aliphatic carbocycles. The number of rotatable bonds is 8. The summed E-state index contributed by atoms with van der Waals surface area (Å²) in [6.45, 7) is 12.4. The van der Waals surface area contributed by atoms with Gasteiger partial charge in [-0.05, 0) is 49.4 Å². The van der Waals surface area contributed by atoms with Crippen LogP contribution in [0.3, 0.4) is 0 Å². The third-order valence-corrected chi connectivity index (χ3v) is 10.00. The van der Waals surface area contributed by atoms with Gasteiger partial charge in [0.15, 0.2) is 0 Å². The van der Waals surface area contributed by atoms with Gasteiger partial charge in [-0.15, -0.1) is 0 Å². The monoisotopic (exact) mass is 441 g/mol. The van der Waals surface area contributed by atoms with E-state index in [1.54, 1.807) is 0 Å². The summed E-state index contributed by atoms with van der Waals surface area (Å²) in [6.07, 6.45) is 2.67. The van der Waals surface area contributed by atoms with Gasteiger partial charge in [0.1, 0.15) is 0 Å². The number of para-hydroxylation sites is 1. The molecule has 1 aromatic carbocycles. The maximum atomic E-state index is 12.1. The van der Waals surface area contributed by atoms with E-state index in [-0.39, 0.29) is 23.7 Å². The zero-order valence-corrected chi connectivity index (χ0v) is 20.6. The molecule has 0 amide bonds. The van der Waals surface area contributed by atoms with Crippen LogP contribution in [0.2, 0.25) is 0 Å². The van der Waals surface area contributed by atoms with Crippen LogP contribution in [0.15, 0.2) is 24.3 Å². The number of hydrogen-bond acceptors (Lipinski definition) is 5. The largest absolute Gasteiger partial charge is 0.392 e. The van der Waals surface area contributed by atoms with Gasteiger partial charge in [-0.1, -0.05) is 52.3 Å². The molecule has 3 aliphatic heterocycles. The molecular formula is C27H43N3O2. The lowest BCUT2D eigenvalue weighted by atomic mass is 9.67. The maximum absolute atomic E-state index is 12.1. The van der Waals surface area contributed by atoms with E-state index in [2.05, 4.69) is 73.7 Å². The lowest BCUT2D eigenvalue weighted by molar-refractivity contribution is -0.0570. The lowest BCUT2D eigenvalue weighted by Gasteiger charge is -2.55. The van der Waals surface area contributed by atoms with E-state index in [4.69, 9.17) is 0 Å². The molecule has 32 heavy (non-hydrogen) atoms. The second-order valence-corrected chi connectivity index (χ2v) is 11.1. The summed E-state index contributed by atoms with van der Waals surface area (Å²) in [7, 11) is 2.24. The Morgan fingerprint density at radius 3 is 2.56 bits per heavy atom. The van der Waals surface area contributed by atoms with Crippen molar-refractivity contribution in [2.45, 2.75) is 82.7 Å². The number of nitrogens with zero attached hydrogens (tertiary/aromatic N) is 3. The average molecular weight is 442 g/mol. The van der Waals surface area contributed by atoms with Gasteiger partial charge < -0.3 is 20.0 Å². The average Bonchev–Trinajstić information content (AvgIpc) is 3.17. The molecule has 3 heterocycles. The van der Waals surface area contributed by atoms with Gasteiger partial charge in [0.2, 0.25) is 0 Å². The van der Waals surface area contributed by atoms with Crippen molar-refractivity contribution in [1.29, 1.82) is 0 Å². The molecule has 1 spiro atoms. The molecule has 9 atom stereocenters. The molecule has 2 saturated heterocycles. The number of hydrogen-bond donors (Lipinski definition) is 2. The molecule has 178 valence electrons. The Morgan fingerprint density at radius 1 is 1.16 bits per heavy atom. The van der Waals surface area contributed by atoms with Crippen LogP contribution < -0.4 is 4.90 Å². The molecule has 1 saturated carbocycles. The van der Waals surface area contributed by atoms with Crippen LogP contribution in [-0.2, 0) is 5.41 Å². The van der Waals surface area contributed by atoms with Crippen LogP contribution in [0, 0.1) is 17.8 Å². The highest BCUT2D eigenvalue weighted by atomic mass is 16.3. The molecule has 0 radical (unpaired) electrons. The smallest absolute Gasteiger partial charge is 0.0794 e. The minimum atomic E-state index is -0.350. The number of aliphatic hydroxyl groups excluding tert-OH is 2. The Kier molecular flexibility index (Phi) is 5.85. The summed E-state index contributed by atoms with van der Waals surface area (Å²) in [5, 5.41) is 23.2. The first-order chi connectivity index (χ1) is 15.4. The van der Waals surface area contributed by atoms with Crippen LogP contribution in [0.1, 0.15) is 52.5 Å². The summed E-state index contributed by atoms with van der Waals surface area (Å²) >= 11 is 0. The van der Waals surface area contributed by atoms with E-state index in [0.29, 0.717) is 29.8 Å². The molecule has 5 heteroatoms. The molecule has 4 aliphatic rings. The summed E-state index contributed by atoms with van der Waals surface area (Å²) in [5.74, 6) is 1.48. The summed E-state index contributed by atoms with van der Waals surface area (Å²) in [5.41, 5.74) is 2.51. The highest BCUT2D eigenvalue weighted by molar-refractivity contribution is 5.67. The van der Waals surface area contributed by atoms with Crippen molar-refractivity contribution in [1.82, 2.24) is 9.80 Å². The van der Waals surface area contributed by atoms with Gasteiger partial charge in [-0.3, -0.25) is 4.90 Å². The number of aliphatic hydroxyl groups is 2. The fourth-order valence-corrected chi connectivity index (χ4v) is 8.40. The van der Waals surface area contributed by atoms with Gasteiger partial charge in [-0.25, -0.2) is 0 Å². The van der Waals surface area contributed by atoms with Gasteiger partial charge in [0, 0.05) is 49.2 Å². The van der Waals surface area contributed by atoms with Crippen LogP contribution in [0.5, 0.6) is 0 Å². The van der Waals surface area contributed by atoms with E-state index in [1.165, 1.54) is 17.7 Å². The number of benzene rings is 1. The van der Waals surface area contributed by atoms with E-state index in [0.717, 1.165) is 39.0 Å². The summed E-state index contributed by atoms with van der Waals surface area (Å²) in [4.78, 5) is 7.43. The minimum Gasteiger partial charge on any atom is -0.392 e. The number of fused-ring (bicyclic) bond motifs is 3. The van der Waals surface area contributed by atoms with Gasteiger partial charge in [0.25, 0.3) is 0 Å². The van der Waals surface area contributed by atoms with Gasteiger partial charge >= 0.3 is 0 Å². The molecule has 5 nitrogen and oxygen atoms in total. The van der Waals surface area contributed by atoms with E-state index in [1.807, 2.05) is 0 Å². The molecule has 5 rings (SSSR count).